The lowest BCUT2D eigenvalue weighted by Crippen LogP contribution is -2.12. The normalized spacial score (nSPS) is 10.5. The van der Waals surface area contributed by atoms with Crippen molar-refractivity contribution in [2.24, 2.45) is 0 Å². The molecule has 128 valence electrons. The van der Waals surface area contributed by atoms with Crippen LogP contribution >= 0.6 is 11.6 Å². The van der Waals surface area contributed by atoms with Crippen molar-refractivity contribution in [3.63, 3.8) is 0 Å². The molecule has 2 aromatic carbocycles. The monoisotopic (exact) mass is 359 g/mol. The predicted molar refractivity (Wildman–Crippen MR) is 93.7 cm³/mol. The second-order valence-corrected chi connectivity index (χ2v) is 5.69. The topological polar surface area (TPSA) is 56.1 Å². The van der Waals surface area contributed by atoms with Gasteiger partial charge in [0.15, 0.2) is 0 Å². The average molecular weight is 360 g/mol. The number of nitrogens with zero attached hydrogens (tertiary/aromatic N) is 2. The molecule has 0 radical (unpaired) electrons. The minimum absolute atomic E-state index is 0.163. The molecule has 0 bridgehead atoms. The largest absolute Gasteiger partial charge is 0.496 e. The van der Waals surface area contributed by atoms with Crippen LogP contribution in [0, 0.1) is 5.82 Å². The van der Waals surface area contributed by atoms with E-state index in [1.807, 2.05) is 0 Å². The SMILES string of the molecule is COc1ccccc1C(=O)Nc1cnn(Cc2c(F)cccc2Cl)c1. The molecule has 1 amide bonds. The number of ether oxygens (including phenoxy) is 1. The number of hydrogen-bond donors (Lipinski definition) is 1. The highest BCUT2D eigenvalue weighted by Gasteiger charge is 2.13. The second kappa shape index (κ2) is 7.36. The van der Waals surface area contributed by atoms with Crippen molar-refractivity contribution in [2.45, 2.75) is 6.54 Å². The summed E-state index contributed by atoms with van der Waals surface area (Å²) in [6.45, 7) is 0.163. The van der Waals surface area contributed by atoms with Crippen LogP contribution in [0.1, 0.15) is 15.9 Å². The maximum atomic E-state index is 13.8. The molecular weight excluding hydrogens is 345 g/mol. The van der Waals surface area contributed by atoms with E-state index in [4.69, 9.17) is 16.3 Å². The van der Waals surface area contributed by atoms with Gasteiger partial charge in [-0.15, -0.1) is 0 Å². The zero-order valence-electron chi connectivity index (χ0n) is 13.4. The van der Waals surface area contributed by atoms with Crippen molar-refractivity contribution >= 4 is 23.2 Å². The maximum Gasteiger partial charge on any atom is 0.259 e. The highest BCUT2D eigenvalue weighted by molar-refractivity contribution is 6.31. The van der Waals surface area contributed by atoms with Gasteiger partial charge in [-0.05, 0) is 24.3 Å². The van der Waals surface area contributed by atoms with Crippen LogP contribution in [0.15, 0.2) is 54.9 Å². The van der Waals surface area contributed by atoms with E-state index in [0.29, 0.717) is 27.6 Å². The van der Waals surface area contributed by atoms with Crippen molar-refractivity contribution in [1.82, 2.24) is 9.78 Å². The van der Waals surface area contributed by atoms with Crippen LogP contribution in [0.3, 0.4) is 0 Å². The fourth-order valence-corrected chi connectivity index (χ4v) is 2.61. The Morgan fingerprint density at radius 3 is 2.84 bits per heavy atom. The Balaban J connectivity index is 1.75. The third kappa shape index (κ3) is 3.80. The van der Waals surface area contributed by atoms with Gasteiger partial charge in [-0.1, -0.05) is 29.8 Å². The molecule has 0 saturated carbocycles. The number of amides is 1. The Hall–Kier alpha value is -2.86. The third-order valence-electron chi connectivity index (χ3n) is 3.62. The van der Waals surface area contributed by atoms with E-state index in [1.165, 1.54) is 24.1 Å². The number of anilines is 1. The molecule has 0 unspecified atom stereocenters. The number of rotatable bonds is 5. The number of nitrogens with one attached hydrogen (secondary N) is 1. The van der Waals surface area contributed by atoms with Crippen molar-refractivity contribution in [3.05, 3.63) is 76.8 Å². The predicted octanol–water partition coefficient (Wildman–Crippen LogP) is 3.98. The first-order chi connectivity index (χ1) is 12.1. The molecule has 3 rings (SSSR count). The molecule has 0 aliphatic rings. The Kier molecular flexibility index (Phi) is 5.00. The first-order valence-corrected chi connectivity index (χ1v) is 7.86. The molecule has 5 nitrogen and oxygen atoms in total. The number of carbonyl (C=O) groups is 1. The first-order valence-electron chi connectivity index (χ1n) is 7.48. The van der Waals surface area contributed by atoms with Gasteiger partial charge in [-0.2, -0.15) is 5.10 Å². The van der Waals surface area contributed by atoms with E-state index in [0.717, 1.165) is 0 Å². The van der Waals surface area contributed by atoms with Crippen molar-refractivity contribution in [1.29, 1.82) is 0 Å². The molecular formula is C18H15ClFN3O2. The van der Waals surface area contributed by atoms with E-state index < -0.39 is 5.82 Å². The van der Waals surface area contributed by atoms with Gasteiger partial charge in [0.1, 0.15) is 11.6 Å². The number of methoxy groups -OCH3 is 1. The summed E-state index contributed by atoms with van der Waals surface area (Å²) in [5, 5.41) is 7.20. The van der Waals surface area contributed by atoms with Crippen molar-refractivity contribution < 1.29 is 13.9 Å². The van der Waals surface area contributed by atoms with Gasteiger partial charge >= 0.3 is 0 Å². The van der Waals surface area contributed by atoms with E-state index in [-0.39, 0.29) is 12.5 Å². The van der Waals surface area contributed by atoms with Gasteiger partial charge in [0.25, 0.3) is 5.91 Å². The van der Waals surface area contributed by atoms with E-state index in [2.05, 4.69) is 10.4 Å². The minimum Gasteiger partial charge on any atom is -0.496 e. The van der Waals surface area contributed by atoms with Crippen LogP contribution in [0.2, 0.25) is 5.02 Å². The first kappa shape index (κ1) is 17.0. The number of carbonyl (C=O) groups excluding carboxylic acids is 1. The highest BCUT2D eigenvalue weighted by Crippen LogP contribution is 2.21. The molecule has 25 heavy (non-hydrogen) atoms. The van der Waals surface area contributed by atoms with Gasteiger partial charge in [0.2, 0.25) is 0 Å². The van der Waals surface area contributed by atoms with Gasteiger partial charge in [0, 0.05) is 16.8 Å². The Bertz CT molecular complexity index is 891. The quantitative estimate of drug-likeness (QED) is 0.749. The number of benzene rings is 2. The summed E-state index contributed by atoms with van der Waals surface area (Å²) in [6, 6.07) is 11.4. The molecule has 0 fully saturated rings. The van der Waals surface area contributed by atoms with E-state index >= 15 is 0 Å². The number of aromatic nitrogens is 2. The smallest absolute Gasteiger partial charge is 0.259 e. The molecule has 0 saturated heterocycles. The summed E-state index contributed by atoms with van der Waals surface area (Å²) >= 11 is 6.02. The summed E-state index contributed by atoms with van der Waals surface area (Å²) in [6.07, 6.45) is 3.10. The van der Waals surface area contributed by atoms with Crippen LogP contribution < -0.4 is 10.1 Å². The van der Waals surface area contributed by atoms with Crippen LogP contribution in [0.25, 0.3) is 0 Å². The molecule has 1 aromatic heterocycles. The summed E-state index contributed by atoms with van der Waals surface area (Å²) in [7, 11) is 1.50. The molecule has 0 aliphatic heterocycles. The Morgan fingerprint density at radius 1 is 1.28 bits per heavy atom. The summed E-state index contributed by atoms with van der Waals surface area (Å²) < 4.78 is 20.5. The zero-order valence-corrected chi connectivity index (χ0v) is 14.1. The van der Waals surface area contributed by atoms with Crippen LogP contribution in [0.4, 0.5) is 10.1 Å². The average Bonchev–Trinajstić information content (AvgIpc) is 3.05. The van der Waals surface area contributed by atoms with E-state index in [9.17, 15) is 9.18 Å². The zero-order chi connectivity index (χ0) is 17.8. The standard InChI is InChI=1S/C18H15ClFN3O2/c1-25-17-8-3-2-5-13(17)18(24)22-12-9-21-23(10-12)11-14-15(19)6-4-7-16(14)20/h2-10H,11H2,1H3,(H,22,24). The second-order valence-electron chi connectivity index (χ2n) is 5.28. The van der Waals surface area contributed by atoms with Crippen LogP contribution in [-0.2, 0) is 6.54 Å². The van der Waals surface area contributed by atoms with Gasteiger partial charge in [0.05, 0.1) is 31.1 Å². The number of para-hydroxylation sites is 1. The lowest BCUT2D eigenvalue weighted by molar-refractivity contribution is 0.102. The lowest BCUT2D eigenvalue weighted by Gasteiger charge is -2.08. The fraction of sp³-hybridized carbons (Fsp3) is 0.111. The molecule has 0 aliphatic carbocycles. The highest BCUT2D eigenvalue weighted by atomic mass is 35.5. The minimum atomic E-state index is -0.400. The molecule has 0 spiro atoms. The summed E-state index contributed by atoms with van der Waals surface area (Å²) in [5.41, 5.74) is 1.24. The molecule has 1 heterocycles. The molecule has 3 aromatic rings. The molecule has 0 atom stereocenters. The Labute approximate surface area is 149 Å². The number of halogens is 2. The van der Waals surface area contributed by atoms with Crippen LogP contribution in [-0.4, -0.2) is 22.8 Å². The van der Waals surface area contributed by atoms with Crippen LogP contribution in [0.5, 0.6) is 5.75 Å². The fourth-order valence-electron chi connectivity index (χ4n) is 2.39. The molecule has 7 heteroatoms. The summed E-state index contributed by atoms with van der Waals surface area (Å²) in [5.74, 6) is -0.242. The van der Waals surface area contributed by atoms with Crippen molar-refractivity contribution in [3.8, 4) is 5.75 Å². The van der Waals surface area contributed by atoms with E-state index in [1.54, 1.807) is 42.6 Å². The maximum absolute atomic E-state index is 13.8. The Morgan fingerprint density at radius 2 is 2.08 bits per heavy atom. The summed E-state index contributed by atoms with van der Waals surface area (Å²) in [4.78, 5) is 12.4. The lowest BCUT2D eigenvalue weighted by atomic mass is 10.2. The van der Waals surface area contributed by atoms with Gasteiger partial charge in [-0.3, -0.25) is 9.48 Å². The number of hydrogen-bond acceptors (Lipinski definition) is 3. The van der Waals surface area contributed by atoms with Gasteiger partial charge < -0.3 is 10.1 Å². The van der Waals surface area contributed by atoms with Crippen molar-refractivity contribution in [2.75, 3.05) is 12.4 Å². The van der Waals surface area contributed by atoms with Gasteiger partial charge in [-0.25, -0.2) is 4.39 Å². The molecule has 1 N–H and O–H groups in total. The third-order valence-corrected chi connectivity index (χ3v) is 3.98.